The van der Waals surface area contributed by atoms with Crippen molar-refractivity contribution >= 4 is 45.7 Å². The molecule has 0 spiro atoms. The number of nitrogens with two attached hydrogens (primary N) is 1. The van der Waals surface area contributed by atoms with Crippen LogP contribution in [0.4, 0.5) is 10.7 Å². The second kappa shape index (κ2) is 9.52. The number of nitrogens with zero attached hydrogens (tertiary/aromatic N) is 1. The van der Waals surface area contributed by atoms with Gasteiger partial charge in [-0.15, -0.1) is 11.3 Å². The summed E-state index contributed by atoms with van der Waals surface area (Å²) in [6.07, 6.45) is 6.05. The number of carbonyl (C=O) groups is 4. The Balaban J connectivity index is 1.35. The summed E-state index contributed by atoms with van der Waals surface area (Å²) in [7, 11) is 0. The van der Waals surface area contributed by atoms with E-state index in [0.717, 1.165) is 54.7 Å². The number of hydrogen-bond donors (Lipinski definition) is 2. The van der Waals surface area contributed by atoms with E-state index in [-0.39, 0.29) is 11.5 Å². The number of benzene rings is 1. The Morgan fingerprint density at radius 2 is 1.75 bits per heavy atom. The number of carbonyl (C=O) groups excluding carboxylic acids is 4. The smallest absolute Gasteiger partial charge is 0.338 e. The molecular weight excluding hydrogens is 430 g/mol. The number of esters is 1. The maximum atomic E-state index is 12.4. The van der Waals surface area contributed by atoms with Crippen molar-refractivity contribution in [3.05, 3.63) is 45.8 Å². The van der Waals surface area contributed by atoms with Crippen LogP contribution in [-0.4, -0.2) is 36.8 Å². The van der Waals surface area contributed by atoms with Crippen LogP contribution in [0.2, 0.25) is 0 Å². The van der Waals surface area contributed by atoms with Crippen LogP contribution in [0.1, 0.15) is 63.3 Å². The maximum Gasteiger partial charge on any atom is 0.338 e. The van der Waals surface area contributed by atoms with Gasteiger partial charge in [0.2, 0.25) is 5.91 Å². The quantitative estimate of drug-likeness (QED) is 0.649. The summed E-state index contributed by atoms with van der Waals surface area (Å²) in [5, 5.41) is 3.09. The fourth-order valence-electron chi connectivity index (χ4n) is 4.15. The first-order chi connectivity index (χ1) is 15.4. The van der Waals surface area contributed by atoms with Gasteiger partial charge in [-0.05, 0) is 68.4 Å². The van der Waals surface area contributed by atoms with E-state index in [1.165, 1.54) is 11.3 Å². The van der Waals surface area contributed by atoms with E-state index in [1.54, 1.807) is 29.2 Å². The van der Waals surface area contributed by atoms with Crippen molar-refractivity contribution in [3.8, 4) is 0 Å². The molecule has 3 N–H and O–H groups in total. The molecule has 0 bridgehead atoms. The van der Waals surface area contributed by atoms with Crippen molar-refractivity contribution in [2.45, 2.75) is 44.9 Å². The normalized spacial score (nSPS) is 15.8. The average Bonchev–Trinajstić information content (AvgIpc) is 3.16. The Kier molecular flexibility index (Phi) is 6.55. The SMILES string of the molecule is NC(=O)c1c(NC(=O)COC(=O)c2ccc(N3CCCCC3=O)cc2)sc2c1CCCC2. The first-order valence-corrected chi connectivity index (χ1v) is 11.6. The minimum atomic E-state index is -0.641. The zero-order valence-electron chi connectivity index (χ0n) is 17.6. The van der Waals surface area contributed by atoms with E-state index >= 15 is 0 Å². The molecule has 2 aliphatic rings. The maximum absolute atomic E-state index is 12.4. The molecule has 1 aliphatic carbocycles. The molecule has 1 aliphatic heterocycles. The molecule has 2 heterocycles. The van der Waals surface area contributed by atoms with Gasteiger partial charge < -0.3 is 20.7 Å². The number of aryl methyl sites for hydroxylation is 1. The van der Waals surface area contributed by atoms with Gasteiger partial charge in [0.25, 0.3) is 11.8 Å². The minimum Gasteiger partial charge on any atom is -0.452 e. The first-order valence-electron chi connectivity index (χ1n) is 10.8. The summed E-state index contributed by atoms with van der Waals surface area (Å²) < 4.78 is 5.13. The van der Waals surface area contributed by atoms with Gasteiger partial charge in [0, 0.05) is 23.5 Å². The number of thiophene rings is 1. The van der Waals surface area contributed by atoms with Gasteiger partial charge in [0.1, 0.15) is 5.00 Å². The molecule has 0 unspecified atom stereocenters. The predicted octanol–water partition coefficient (Wildman–Crippen LogP) is 3.04. The van der Waals surface area contributed by atoms with Crippen LogP contribution in [0.3, 0.4) is 0 Å². The number of fused-ring (bicyclic) bond motifs is 1. The van der Waals surface area contributed by atoms with Crippen LogP contribution in [0.5, 0.6) is 0 Å². The summed E-state index contributed by atoms with van der Waals surface area (Å²) >= 11 is 1.36. The van der Waals surface area contributed by atoms with Crippen LogP contribution in [0.25, 0.3) is 0 Å². The number of amides is 3. The minimum absolute atomic E-state index is 0.0776. The second-order valence-electron chi connectivity index (χ2n) is 7.95. The molecule has 0 radical (unpaired) electrons. The lowest BCUT2D eigenvalue weighted by Crippen LogP contribution is -2.35. The summed E-state index contributed by atoms with van der Waals surface area (Å²) in [4.78, 5) is 51.4. The molecule has 2 aromatic rings. The standard InChI is InChI=1S/C23H25N3O5S/c24-21(29)20-16-5-1-2-6-17(16)32-22(20)25-18(27)13-31-23(30)14-8-10-15(11-9-14)26-12-4-3-7-19(26)28/h8-11H,1-7,12-13H2,(H2,24,29)(H,25,27). The van der Waals surface area contributed by atoms with E-state index in [0.29, 0.717) is 23.5 Å². The zero-order valence-corrected chi connectivity index (χ0v) is 18.5. The summed E-state index contributed by atoms with van der Waals surface area (Å²) in [5.74, 6) is -1.66. The van der Waals surface area contributed by atoms with E-state index < -0.39 is 24.4 Å². The highest BCUT2D eigenvalue weighted by Gasteiger charge is 2.25. The topological polar surface area (TPSA) is 119 Å². The number of piperidine rings is 1. The van der Waals surface area contributed by atoms with E-state index in [1.807, 2.05) is 0 Å². The molecule has 8 nitrogen and oxygen atoms in total. The van der Waals surface area contributed by atoms with Crippen LogP contribution >= 0.6 is 11.3 Å². The molecule has 4 rings (SSSR count). The number of anilines is 2. The second-order valence-corrected chi connectivity index (χ2v) is 9.06. The third-order valence-corrected chi connectivity index (χ3v) is 6.95. The van der Waals surface area contributed by atoms with E-state index in [4.69, 9.17) is 10.5 Å². The van der Waals surface area contributed by atoms with Gasteiger partial charge in [0.15, 0.2) is 6.61 Å². The van der Waals surface area contributed by atoms with Crippen molar-refractivity contribution in [2.75, 3.05) is 23.4 Å². The number of hydrogen-bond acceptors (Lipinski definition) is 6. The van der Waals surface area contributed by atoms with Crippen molar-refractivity contribution in [2.24, 2.45) is 5.73 Å². The van der Waals surface area contributed by atoms with Crippen molar-refractivity contribution in [1.82, 2.24) is 0 Å². The van der Waals surface area contributed by atoms with Gasteiger partial charge in [-0.25, -0.2) is 4.79 Å². The fourth-order valence-corrected chi connectivity index (χ4v) is 5.46. The van der Waals surface area contributed by atoms with Crippen LogP contribution in [0.15, 0.2) is 24.3 Å². The predicted molar refractivity (Wildman–Crippen MR) is 121 cm³/mol. The molecule has 0 saturated carbocycles. The van der Waals surface area contributed by atoms with Crippen LogP contribution in [-0.2, 0) is 27.2 Å². The molecule has 32 heavy (non-hydrogen) atoms. The highest BCUT2D eigenvalue weighted by atomic mass is 32.1. The number of ether oxygens (including phenoxy) is 1. The molecule has 168 valence electrons. The van der Waals surface area contributed by atoms with Crippen molar-refractivity contribution in [3.63, 3.8) is 0 Å². The van der Waals surface area contributed by atoms with Crippen LogP contribution < -0.4 is 16.0 Å². The number of primary amides is 1. The summed E-state index contributed by atoms with van der Waals surface area (Å²) in [5.41, 5.74) is 7.86. The number of rotatable bonds is 6. The molecule has 1 aromatic heterocycles. The average molecular weight is 456 g/mol. The lowest BCUT2D eigenvalue weighted by Gasteiger charge is -2.26. The first kappa shape index (κ1) is 22.0. The third-order valence-electron chi connectivity index (χ3n) is 5.74. The van der Waals surface area contributed by atoms with Gasteiger partial charge in [-0.3, -0.25) is 14.4 Å². The van der Waals surface area contributed by atoms with Crippen molar-refractivity contribution in [1.29, 1.82) is 0 Å². The van der Waals surface area contributed by atoms with E-state index in [9.17, 15) is 19.2 Å². The molecular formula is C23H25N3O5S. The molecule has 1 aromatic carbocycles. The third kappa shape index (κ3) is 4.67. The molecule has 9 heteroatoms. The largest absolute Gasteiger partial charge is 0.452 e. The monoisotopic (exact) mass is 455 g/mol. The van der Waals surface area contributed by atoms with Crippen molar-refractivity contribution < 1.29 is 23.9 Å². The Morgan fingerprint density at radius 3 is 2.47 bits per heavy atom. The molecule has 0 atom stereocenters. The van der Waals surface area contributed by atoms with Gasteiger partial charge in [0.05, 0.1) is 11.1 Å². The fraction of sp³-hybridized carbons (Fsp3) is 0.391. The molecule has 1 fully saturated rings. The lowest BCUT2D eigenvalue weighted by atomic mass is 9.95. The Morgan fingerprint density at radius 1 is 1.03 bits per heavy atom. The zero-order chi connectivity index (χ0) is 22.7. The highest BCUT2D eigenvalue weighted by Crippen LogP contribution is 2.37. The summed E-state index contributed by atoms with van der Waals surface area (Å²) in [6, 6.07) is 6.57. The van der Waals surface area contributed by atoms with Crippen LogP contribution in [0, 0.1) is 0 Å². The van der Waals surface area contributed by atoms with Gasteiger partial charge in [-0.2, -0.15) is 0 Å². The van der Waals surface area contributed by atoms with E-state index in [2.05, 4.69) is 5.32 Å². The lowest BCUT2D eigenvalue weighted by molar-refractivity contribution is -0.120. The van der Waals surface area contributed by atoms with Gasteiger partial charge >= 0.3 is 5.97 Å². The Hall–Kier alpha value is -3.20. The summed E-state index contributed by atoms with van der Waals surface area (Å²) in [6.45, 7) is 0.189. The molecule has 3 amide bonds. The highest BCUT2D eigenvalue weighted by molar-refractivity contribution is 7.17. The Labute approximate surface area is 189 Å². The number of nitrogens with one attached hydrogen (secondary N) is 1. The Bertz CT molecular complexity index is 1060. The molecule has 1 saturated heterocycles. The van der Waals surface area contributed by atoms with Gasteiger partial charge in [-0.1, -0.05) is 0 Å².